The predicted octanol–water partition coefficient (Wildman–Crippen LogP) is 4.53. The number of nitrogens with one attached hydrogen (secondary N) is 4. The van der Waals surface area contributed by atoms with Gasteiger partial charge in [0.1, 0.15) is 11.9 Å². The third-order valence-electron chi connectivity index (χ3n) is 6.85. The second-order valence-corrected chi connectivity index (χ2v) is 8.85. The van der Waals surface area contributed by atoms with Crippen LogP contribution in [0.15, 0.2) is 30.3 Å². The summed E-state index contributed by atoms with van der Waals surface area (Å²) in [5.74, 6) is 0.235. The lowest BCUT2D eigenvalue weighted by Gasteiger charge is -2.37. The molecule has 30 heavy (non-hydrogen) atoms. The number of halogens is 1. The lowest BCUT2D eigenvalue weighted by molar-refractivity contribution is -0.116. The lowest BCUT2D eigenvalue weighted by Crippen LogP contribution is -2.46. The first kappa shape index (κ1) is 19.4. The average Bonchev–Trinajstić information content (AvgIpc) is 3.24. The standard InChI is InChI=1S/C24H29FN4O/c1-14-10-11-18(25)17-12-20(27-21(14)17)24(30)28-19-9-5-8-16-13-26-23(29-22(16)19)15-6-3-2-4-7-15/h5,8-11,15,20,23,26-27,29H,2-4,6-7,12-13H2,1H3,(H,28,30). The zero-order valence-electron chi connectivity index (χ0n) is 17.4. The van der Waals surface area contributed by atoms with Gasteiger partial charge in [-0.2, -0.15) is 0 Å². The molecule has 6 heteroatoms. The highest BCUT2D eigenvalue weighted by molar-refractivity contribution is 6.01. The van der Waals surface area contributed by atoms with E-state index in [1.807, 2.05) is 19.1 Å². The Bertz CT molecular complexity index is 939. The highest BCUT2D eigenvalue weighted by atomic mass is 19.1. The largest absolute Gasteiger partial charge is 0.373 e. The van der Waals surface area contributed by atoms with Crippen LogP contribution in [-0.2, 0) is 17.8 Å². The van der Waals surface area contributed by atoms with Crippen molar-refractivity contribution in [2.75, 3.05) is 16.0 Å². The molecule has 4 N–H and O–H groups in total. The average molecular weight is 409 g/mol. The molecule has 5 nitrogen and oxygen atoms in total. The Morgan fingerprint density at radius 2 is 1.90 bits per heavy atom. The van der Waals surface area contributed by atoms with Crippen LogP contribution in [0, 0.1) is 18.7 Å². The first-order valence-electron chi connectivity index (χ1n) is 11.1. The molecule has 1 saturated carbocycles. The summed E-state index contributed by atoms with van der Waals surface area (Å²) in [6.07, 6.45) is 7.00. The van der Waals surface area contributed by atoms with E-state index in [2.05, 4.69) is 27.3 Å². The monoisotopic (exact) mass is 408 g/mol. The molecule has 158 valence electrons. The van der Waals surface area contributed by atoms with Gasteiger partial charge in [0.05, 0.1) is 17.5 Å². The minimum absolute atomic E-state index is 0.132. The fraction of sp³-hybridized carbons (Fsp3) is 0.458. The van der Waals surface area contributed by atoms with Gasteiger partial charge in [0.2, 0.25) is 5.91 Å². The van der Waals surface area contributed by atoms with E-state index in [1.54, 1.807) is 6.07 Å². The Kier molecular flexibility index (Phi) is 5.11. The van der Waals surface area contributed by atoms with Crippen molar-refractivity contribution in [2.45, 2.75) is 64.2 Å². The summed E-state index contributed by atoms with van der Waals surface area (Å²) >= 11 is 0. The van der Waals surface area contributed by atoms with Crippen LogP contribution in [0.25, 0.3) is 0 Å². The summed E-state index contributed by atoms with van der Waals surface area (Å²) in [6, 6.07) is 8.76. The molecule has 2 aliphatic heterocycles. The molecule has 1 fully saturated rings. The number of aryl methyl sites for hydroxylation is 1. The van der Waals surface area contributed by atoms with E-state index in [4.69, 9.17) is 0 Å². The van der Waals surface area contributed by atoms with E-state index in [-0.39, 0.29) is 17.9 Å². The SMILES string of the molecule is Cc1ccc(F)c2c1NC(C(=O)Nc1cccc3c1NC(C1CCCCC1)NC3)C2. The summed E-state index contributed by atoms with van der Waals surface area (Å²) in [5.41, 5.74) is 5.29. The number of amides is 1. The van der Waals surface area contributed by atoms with Gasteiger partial charge in [-0.1, -0.05) is 37.5 Å². The quantitative estimate of drug-likeness (QED) is 0.603. The molecule has 1 aliphatic carbocycles. The van der Waals surface area contributed by atoms with Crippen molar-refractivity contribution in [3.8, 4) is 0 Å². The zero-order valence-corrected chi connectivity index (χ0v) is 17.4. The van der Waals surface area contributed by atoms with Gasteiger partial charge in [0.15, 0.2) is 0 Å². The lowest BCUT2D eigenvalue weighted by atomic mass is 9.86. The number of hydrogen-bond donors (Lipinski definition) is 4. The van der Waals surface area contributed by atoms with Gasteiger partial charge < -0.3 is 16.0 Å². The smallest absolute Gasteiger partial charge is 0.247 e. The van der Waals surface area contributed by atoms with Crippen molar-refractivity contribution in [1.82, 2.24) is 5.32 Å². The highest BCUT2D eigenvalue weighted by Crippen LogP contribution is 2.36. The highest BCUT2D eigenvalue weighted by Gasteiger charge is 2.32. The Hall–Kier alpha value is -2.60. The third kappa shape index (κ3) is 3.54. The third-order valence-corrected chi connectivity index (χ3v) is 6.85. The summed E-state index contributed by atoms with van der Waals surface area (Å²) < 4.78 is 14.2. The first-order valence-corrected chi connectivity index (χ1v) is 11.1. The van der Waals surface area contributed by atoms with Crippen molar-refractivity contribution < 1.29 is 9.18 Å². The Balaban J connectivity index is 1.32. The first-order chi connectivity index (χ1) is 14.6. The number of anilines is 3. The number of fused-ring (bicyclic) bond motifs is 2. The van der Waals surface area contributed by atoms with Crippen molar-refractivity contribution in [3.05, 3.63) is 52.8 Å². The van der Waals surface area contributed by atoms with Crippen LogP contribution in [-0.4, -0.2) is 18.1 Å². The number of para-hydroxylation sites is 1. The fourth-order valence-electron chi connectivity index (χ4n) is 5.15. The molecule has 5 rings (SSSR count). The Morgan fingerprint density at radius 1 is 1.07 bits per heavy atom. The molecular weight excluding hydrogens is 379 g/mol. The number of benzene rings is 2. The normalized spacial score (nSPS) is 23.1. The molecule has 2 unspecified atom stereocenters. The number of rotatable bonds is 3. The fourth-order valence-corrected chi connectivity index (χ4v) is 5.15. The zero-order chi connectivity index (χ0) is 20.7. The molecule has 2 aromatic carbocycles. The number of hydrogen-bond acceptors (Lipinski definition) is 4. The van der Waals surface area contributed by atoms with E-state index in [1.165, 1.54) is 38.2 Å². The van der Waals surface area contributed by atoms with Gasteiger partial charge in [-0.25, -0.2) is 4.39 Å². The van der Waals surface area contributed by atoms with E-state index in [0.29, 0.717) is 17.9 Å². The van der Waals surface area contributed by atoms with Crippen LogP contribution in [0.2, 0.25) is 0 Å². The molecule has 1 amide bonds. The predicted molar refractivity (Wildman–Crippen MR) is 118 cm³/mol. The molecule has 0 bridgehead atoms. The van der Waals surface area contributed by atoms with E-state index < -0.39 is 6.04 Å². The van der Waals surface area contributed by atoms with Crippen LogP contribution in [0.1, 0.15) is 48.8 Å². The molecule has 0 saturated heterocycles. The summed E-state index contributed by atoms with van der Waals surface area (Å²) in [5, 5.41) is 13.6. The van der Waals surface area contributed by atoms with E-state index in [9.17, 15) is 9.18 Å². The summed E-state index contributed by atoms with van der Waals surface area (Å²) in [7, 11) is 0. The van der Waals surface area contributed by atoms with Gasteiger partial charge in [0.25, 0.3) is 0 Å². The van der Waals surface area contributed by atoms with Crippen molar-refractivity contribution >= 4 is 23.0 Å². The minimum Gasteiger partial charge on any atom is -0.373 e. The molecule has 0 radical (unpaired) electrons. The van der Waals surface area contributed by atoms with Gasteiger partial charge in [-0.3, -0.25) is 10.1 Å². The second kappa shape index (κ2) is 7.91. The maximum absolute atomic E-state index is 14.2. The minimum atomic E-state index is -0.470. The summed E-state index contributed by atoms with van der Waals surface area (Å²) in [6.45, 7) is 2.73. The number of carbonyl (C=O) groups is 1. The van der Waals surface area contributed by atoms with E-state index >= 15 is 0 Å². The Morgan fingerprint density at radius 3 is 2.70 bits per heavy atom. The molecule has 2 heterocycles. The second-order valence-electron chi connectivity index (χ2n) is 8.85. The van der Waals surface area contributed by atoms with E-state index in [0.717, 1.165) is 34.7 Å². The van der Waals surface area contributed by atoms with Crippen molar-refractivity contribution in [2.24, 2.45) is 5.92 Å². The van der Waals surface area contributed by atoms with Crippen LogP contribution in [0.3, 0.4) is 0 Å². The molecule has 2 aromatic rings. The van der Waals surface area contributed by atoms with Gasteiger partial charge >= 0.3 is 0 Å². The topological polar surface area (TPSA) is 65.2 Å². The van der Waals surface area contributed by atoms with Gasteiger partial charge in [-0.05, 0) is 48.9 Å². The molecule has 0 spiro atoms. The van der Waals surface area contributed by atoms with Crippen LogP contribution in [0.5, 0.6) is 0 Å². The summed E-state index contributed by atoms with van der Waals surface area (Å²) in [4.78, 5) is 13.0. The maximum atomic E-state index is 14.2. The Labute approximate surface area is 176 Å². The van der Waals surface area contributed by atoms with Gasteiger partial charge in [-0.15, -0.1) is 0 Å². The van der Waals surface area contributed by atoms with Crippen LogP contribution < -0.4 is 21.3 Å². The van der Waals surface area contributed by atoms with Crippen LogP contribution >= 0.6 is 0 Å². The molecule has 3 aliphatic rings. The molecule has 2 atom stereocenters. The maximum Gasteiger partial charge on any atom is 0.247 e. The number of carbonyl (C=O) groups excluding carboxylic acids is 1. The molecular formula is C24H29FN4O. The van der Waals surface area contributed by atoms with Crippen molar-refractivity contribution in [1.29, 1.82) is 0 Å². The van der Waals surface area contributed by atoms with Crippen molar-refractivity contribution in [3.63, 3.8) is 0 Å². The molecule has 0 aromatic heterocycles. The van der Waals surface area contributed by atoms with Crippen LogP contribution in [0.4, 0.5) is 21.5 Å². The van der Waals surface area contributed by atoms with Gasteiger partial charge in [0, 0.05) is 24.2 Å².